The molecule has 1 aromatic carbocycles. The first kappa shape index (κ1) is 17.4. The van der Waals surface area contributed by atoms with Gasteiger partial charge in [0.05, 0.1) is 20.3 Å². The third kappa shape index (κ3) is 5.33. The Labute approximate surface area is 137 Å². The Morgan fingerprint density at radius 2 is 1.91 bits per heavy atom. The lowest BCUT2D eigenvalue weighted by Crippen LogP contribution is -3.11. The minimum absolute atomic E-state index is 0.0744. The summed E-state index contributed by atoms with van der Waals surface area (Å²) in [4.78, 5) is 27.0. The number of nitrogens with zero attached hydrogens (tertiary/aromatic N) is 1. The van der Waals surface area contributed by atoms with Crippen molar-refractivity contribution in [1.29, 1.82) is 0 Å². The second kappa shape index (κ2) is 8.08. The van der Waals surface area contributed by atoms with Crippen LogP contribution in [0.4, 0.5) is 5.69 Å². The van der Waals surface area contributed by atoms with Crippen LogP contribution in [0.25, 0.3) is 0 Å². The Balaban J connectivity index is 1.82. The monoisotopic (exact) mass is 320 g/mol. The molecular weight excluding hydrogens is 294 g/mol. The molecule has 1 aliphatic heterocycles. The Morgan fingerprint density at radius 1 is 1.22 bits per heavy atom. The number of likely N-dealkylation sites (N-methyl/N-ethyl adjacent to an activating group) is 1. The van der Waals surface area contributed by atoms with Gasteiger partial charge in [0.2, 0.25) is 0 Å². The number of carbonyl (C=O) groups excluding carboxylic acids is 2. The maximum atomic E-state index is 12.2. The Bertz CT molecular complexity index is 568. The predicted molar refractivity (Wildman–Crippen MR) is 88.6 cm³/mol. The van der Waals surface area contributed by atoms with Crippen molar-refractivity contribution in [1.82, 2.24) is 4.90 Å². The molecule has 2 rings (SSSR count). The van der Waals surface area contributed by atoms with E-state index in [0.29, 0.717) is 32.8 Å². The Kier molecular flexibility index (Phi) is 6.12. The van der Waals surface area contributed by atoms with Gasteiger partial charge >= 0.3 is 0 Å². The van der Waals surface area contributed by atoms with Crippen LogP contribution in [-0.2, 0) is 14.3 Å². The van der Waals surface area contributed by atoms with Gasteiger partial charge in [0.1, 0.15) is 0 Å². The van der Waals surface area contributed by atoms with Gasteiger partial charge < -0.3 is 19.9 Å². The fraction of sp³-hybridized carbons (Fsp3) is 0.529. The molecule has 0 aromatic heterocycles. The van der Waals surface area contributed by atoms with Crippen LogP contribution in [0.3, 0.4) is 0 Å². The summed E-state index contributed by atoms with van der Waals surface area (Å²) < 4.78 is 5.24. The molecule has 1 fully saturated rings. The maximum Gasteiger partial charge on any atom is 0.279 e. The number of anilines is 1. The molecule has 6 heteroatoms. The van der Waals surface area contributed by atoms with Crippen molar-refractivity contribution in [2.75, 3.05) is 51.8 Å². The number of rotatable bonds is 5. The molecule has 0 spiro atoms. The van der Waals surface area contributed by atoms with E-state index in [2.05, 4.69) is 5.32 Å². The Morgan fingerprint density at radius 3 is 2.61 bits per heavy atom. The lowest BCUT2D eigenvalue weighted by atomic mass is 10.1. The van der Waals surface area contributed by atoms with E-state index in [1.807, 2.05) is 39.1 Å². The first-order valence-electron chi connectivity index (χ1n) is 7.99. The molecule has 126 valence electrons. The largest absolute Gasteiger partial charge is 0.378 e. The van der Waals surface area contributed by atoms with Crippen LogP contribution < -0.4 is 10.2 Å². The summed E-state index contributed by atoms with van der Waals surface area (Å²) in [5.41, 5.74) is 2.97. The number of amides is 2. The van der Waals surface area contributed by atoms with Crippen LogP contribution in [-0.4, -0.2) is 63.2 Å². The molecule has 0 aliphatic carbocycles. The molecule has 2 N–H and O–H groups in total. The summed E-state index contributed by atoms with van der Waals surface area (Å²) in [5.74, 6) is -0.00341. The number of carbonyl (C=O) groups is 2. The molecule has 6 nitrogen and oxygen atoms in total. The van der Waals surface area contributed by atoms with Crippen molar-refractivity contribution >= 4 is 17.5 Å². The molecule has 2 amide bonds. The van der Waals surface area contributed by atoms with E-state index < -0.39 is 0 Å². The van der Waals surface area contributed by atoms with Gasteiger partial charge in [-0.1, -0.05) is 12.1 Å². The van der Waals surface area contributed by atoms with Gasteiger partial charge in [-0.25, -0.2) is 0 Å². The lowest BCUT2D eigenvalue weighted by Gasteiger charge is -2.27. The molecule has 1 aromatic rings. The topological polar surface area (TPSA) is 63.1 Å². The quantitative estimate of drug-likeness (QED) is 0.777. The third-order valence-corrected chi connectivity index (χ3v) is 3.95. The van der Waals surface area contributed by atoms with Gasteiger partial charge in [-0.3, -0.25) is 9.59 Å². The molecule has 1 heterocycles. The number of quaternary nitrogens is 1. The average molecular weight is 320 g/mol. The zero-order valence-corrected chi connectivity index (χ0v) is 14.1. The molecule has 0 saturated carbocycles. The van der Waals surface area contributed by atoms with Crippen molar-refractivity contribution < 1.29 is 19.2 Å². The van der Waals surface area contributed by atoms with Crippen LogP contribution in [0.5, 0.6) is 0 Å². The minimum atomic E-state index is -0.0778. The van der Waals surface area contributed by atoms with E-state index in [9.17, 15) is 9.59 Å². The number of nitrogens with one attached hydrogen (secondary N) is 2. The van der Waals surface area contributed by atoms with E-state index >= 15 is 0 Å². The molecular formula is C17H26N3O3+. The van der Waals surface area contributed by atoms with Crippen molar-refractivity contribution in [2.45, 2.75) is 13.8 Å². The lowest BCUT2D eigenvalue weighted by molar-refractivity contribution is -0.862. The van der Waals surface area contributed by atoms with Gasteiger partial charge in [0.15, 0.2) is 13.1 Å². The van der Waals surface area contributed by atoms with Gasteiger partial charge in [-0.15, -0.1) is 0 Å². The molecule has 1 saturated heterocycles. The second-order valence-electron chi connectivity index (χ2n) is 6.17. The summed E-state index contributed by atoms with van der Waals surface area (Å²) in [6.07, 6.45) is 0. The summed E-state index contributed by atoms with van der Waals surface area (Å²) in [6.45, 7) is 7.02. The van der Waals surface area contributed by atoms with Crippen LogP contribution in [0.1, 0.15) is 11.1 Å². The fourth-order valence-electron chi connectivity index (χ4n) is 2.58. The molecule has 1 unspecified atom stereocenters. The average Bonchev–Trinajstić information content (AvgIpc) is 2.51. The predicted octanol–water partition coefficient (Wildman–Crippen LogP) is -0.385. The van der Waals surface area contributed by atoms with E-state index in [4.69, 9.17) is 4.74 Å². The van der Waals surface area contributed by atoms with Crippen molar-refractivity contribution in [3.8, 4) is 0 Å². The number of benzene rings is 1. The number of ether oxygens (including phenoxy) is 1. The van der Waals surface area contributed by atoms with Gasteiger partial charge in [0.25, 0.3) is 11.8 Å². The number of hydrogen-bond acceptors (Lipinski definition) is 3. The van der Waals surface area contributed by atoms with Crippen LogP contribution in [0.2, 0.25) is 0 Å². The fourth-order valence-corrected chi connectivity index (χ4v) is 2.58. The molecule has 1 aliphatic rings. The molecule has 0 bridgehead atoms. The number of aryl methyl sites for hydroxylation is 2. The maximum absolute atomic E-state index is 12.2. The molecule has 1 atom stereocenters. The van der Waals surface area contributed by atoms with Gasteiger partial charge in [-0.05, 0) is 31.0 Å². The zero-order valence-electron chi connectivity index (χ0n) is 14.1. The Hall–Kier alpha value is -1.92. The zero-order chi connectivity index (χ0) is 16.8. The van der Waals surface area contributed by atoms with Crippen molar-refractivity contribution in [3.63, 3.8) is 0 Å². The third-order valence-electron chi connectivity index (χ3n) is 3.95. The second-order valence-corrected chi connectivity index (χ2v) is 6.17. The molecule has 23 heavy (non-hydrogen) atoms. The van der Waals surface area contributed by atoms with Crippen LogP contribution in [0.15, 0.2) is 18.2 Å². The van der Waals surface area contributed by atoms with Crippen LogP contribution >= 0.6 is 0 Å². The SMILES string of the molecule is Cc1ccc(C)c(NC(=O)C[NH+](C)CC(=O)N2CCOCC2)c1. The normalized spacial score (nSPS) is 16.0. The molecule has 0 radical (unpaired) electrons. The first-order chi connectivity index (χ1) is 11.0. The highest BCUT2D eigenvalue weighted by Crippen LogP contribution is 2.15. The highest BCUT2D eigenvalue weighted by atomic mass is 16.5. The van der Waals surface area contributed by atoms with E-state index in [1.54, 1.807) is 4.90 Å². The van der Waals surface area contributed by atoms with Crippen LogP contribution in [0, 0.1) is 13.8 Å². The van der Waals surface area contributed by atoms with Gasteiger partial charge in [-0.2, -0.15) is 0 Å². The first-order valence-corrected chi connectivity index (χ1v) is 7.99. The summed E-state index contributed by atoms with van der Waals surface area (Å²) in [6, 6.07) is 5.97. The van der Waals surface area contributed by atoms with E-state index in [1.165, 1.54) is 0 Å². The van der Waals surface area contributed by atoms with Crippen molar-refractivity contribution in [3.05, 3.63) is 29.3 Å². The minimum Gasteiger partial charge on any atom is -0.378 e. The number of morpholine rings is 1. The van der Waals surface area contributed by atoms with E-state index in [0.717, 1.165) is 21.7 Å². The number of hydrogen-bond donors (Lipinski definition) is 2. The van der Waals surface area contributed by atoms with Gasteiger partial charge in [0, 0.05) is 18.8 Å². The van der Waals surface area contributed by atoms with Crippen molar-refractivity contribution in [2.24, 2.45) is 0 Å². The summed E-state index contributed by atoms with van der Waals surface area (Å²) >= 11 is 0. The summed E-state index contributed by atoms with van der Waals surface area (Å²) in [7, 11) is 1.86. The standard InChI is InChI=1S/C17H25N3O3/c1-13-4-5-14(2)15(10-13)18-16(21)11-19(3)12-17(22)20-6-8-23-9-7-20/h4-5,10H,6-9,11-12H2,1-3H3,(H,18,21)/p+1. The smallest absolute Gasteiger partial charge is 0.279 e. The summed E-state index contributed by atoms with van der Waals surface area (Å²) in [5, 5.41) is 2.93. The highest BCUT2D eigenvalue weighted by molar-refractivity contribution is 5.92. The highest BCUT2D eigenvalue weighted by Gasteiger charge is 2.21. The van der Waals surface area contributed by atoms with E-state index in [-0.39, 0.29) is 18.4 Å².